The highest BCUT2D eigenvalue weighted by molar-refractivity contribution is 9.10. The molecule has 1 atom stereocenters. The van der Waals surface area contributed by atoms with Gasteiger partial charge in [-0.15, -0.1) is 0 Å². The van der Waals surface area contributed by atoms with Crippen molar-refractivity contribution in [1.82, 2.24) is 0 Å². The van der Waals surface area contributed by atoms with Crippen molar-refractivity contribution in [2.45, 2.75) is 31.6 Å². The van der Waals surface area contributed by atoms with Crippen LogP contribution < -0.4 is 0 Å². The summed E-state index contributed by atoms with van der Waals surface area (Å²) in [5.74, 6) is -1.25. The van der Waals surface area contributed by atoms with Crippen molar-refractivity contribution < 1.29 is 18.3 Å². The molecule has 0 heterocycles. The Morgan fingerprint density at radius 2 is 2.05 bits per heavy atom. The summed E-state index contributed by atoms with van der Waals surface area (Å²) in [5.41, 5.74) is -0.174. The Kier molecular flexibility index (Phi) is 5.55. The van der Waals surface area contributed by atoms with Gasteiger partial charge in [0, 0.05) is 4.47 Å². The number of hydrogen-bond acceptors (Lipinski definition) is 3. The molecule has 19 heavy (non-hydrogen) atoms. The molecule has 1 rings (SSSR count). The van der Waals surface area contributed by atoms with Crippen LogP contribution in [-0.4, -0.2) is 25.2 Å². The third kappa shape index (κ3) is 4.31. The molecule has 1 aromatic carbocycles. The van der Waals surface area contributed by atoms with Crippen LogP contribution in [0.5, 0.6) is 0 Å². The fourth-order valence-corrected chi connectivity index (χ4v) is 4.38. The zero-order valence-corrected chi connectivity index (χ0v) is 13.3. The molecule has 0 aliphatic heterocycles. The minimum Gasteiger partial charge on any atom is -0.478 e. The van der Waals surface area contributed by atoms with Crippen molar-refractivity contribution in [2.75, 3.05) is 5.75 Å². The first-order valence-electron chi connectivity index (χ1n) is 6.03. The van der Waals surface area contributed by atoms with E-state index in [1.165, 1.54) is 18.2 Å². The van der Waals surface area contributed by atoms with E-state index >= 15 is 0 Å². The summed E-state index contributed by atoms with van der Waals surface area (Å²) in [6, 6.07) is 4.19. The summed E-state index contributed by atoms with van der Waals surface area (Å²) >= 11 is 3.18. The summed E-state index contributed by atoms with van der Waals surface area (Å²) in [7, 11) is -3.59. The van der Waals surface area contributed by atoms with Gasteiger partial charge in [-0.1, -0.05) is 36.2 Å². The van der Waals surface area contributed by atoms with Gasteiger partial charge in [0.15, 0.2) is 9.84 Å². The van der Waals surface area contributed by atoms with Crippen LogP contribution in [-0.2, 0) is 9.84 Å². The fourth-order valence-electron chi connectivity index (χ4n) is 1.97. The van der Waals surface area contributed by atoms with E-state index in [-0.39, 0.29) is 22.1 Å². The molecular weight excluding hydrogens is 332 g/mol. The molecule has 0 bridgehead atoms. The first-order valence-corrected chi connectivity index (χ1v) is 8.48. The fraction of sp³-hybridized carbons (Fsp3) is 0.462. The summed E-state index contributed by atoms with van der Waals surface area (Å²) in [4.78, 5) is 11.0. The predicted octanol–water partition coefficient (Wildman–Crippen LogP) is 3.36. The van der Waals surface area contributed by atoms with Crippen molar-refractivity contribution in [3.05, 3.63) is 28.2 Å². The first kappa shape index (κ1) is 16.2. The Morgan fingerprint density at radius 1 is 1.42 bits per heavy atom. The number of aromatic carboxylic acids is 1. The Bertz CT molecular complexity index is 566. The maximum absolute atomic E-state index is 12.3. The molecule has 0 aliphatic rings. The number of sulfone groups is 1. The van der Waals surface area contributed by atoms with Crippen molar-refractivity contribution in [2.24, 2.45) is 5.92 Å². The second-order valence-corrected chi connectivity index (χ2v) is 7.54. The average Bonchev–Trinajstić information content (AvgIpc) is 2.27. The molecule has 106 valence electrons. The normalized spacial score (nSPS) is 13.2. The maximum Gasteiger partial charge on any atom is 0.337 e. The second kappa shape index (κ2) is 6.52. The van der Waals surface area contributed by atoms with Crippen LogP contribution in [0.2, 0.25) is 0 Å². The number of carboxylic acid groups (broad SMARTS) is 1. The zero-order chi connectivity index (χ0) is 14.6. The monoisotopic (exact) mass is 348 g/mol. The van der Waals surface area contributed by atoms with Gasteiger partial charge >= 0.3 is 5.97 Å². The number of hydrogen-bond donors (Lipinski definition) is 1. The van der Waals surface area contributed by atoms with Crippen molar-refractivity contribution in [3.8, 4) is 0 Å². The van der Waals surface area contributed by atoms with Crippen LogP contribution >= 0.6 is 15.9 Å². The van der Waals surface area contributed by atoms with Crippen molar-refractivity contribution in [1.29, 1.82) is 0 Å². The molecule has 0 spiro atoms. The quantitative estimate of drug-likeness (QED) is 0.855. The van der Waals surface area contributed by atoms with Crippen LogP contribution in [0.25, 0.3) is 0 Å². The lowest BCUT2D eigenvalue weighted by Crippen LogP contribution is -2.17. The summed E-state index contributed by atoms with van der Waals surface area (Å²) < 4.78 is 25.2. The van der Waals surface area contributed by atoms with E-state index in [4.69, 9.17) is 5.11 Å². The van der Waals surface area contributed by atoms with Crippen molar-refractivity contribution >= 4 is 31.7 Å². The molecule has 0 amide bonds. The lowest BCUT2D eigenvalue weighted by atomic mass is 10.1. The van der Waals surface area contributed by atoms with Gasteiger partial charge < -0.3 is 5.11 Å². The van der Waals surface area contributed by atoms with Crippen LogP contribution in [0.4, 0.5) is 0 Å². The molecule has 0 aromatic heterocycles. The molecule has 0 fully saturated rings. The Balaban J connectivity index is 3.20. The number of halogens is 1. The average molecular weight is 349 g/mol. The lowest BCUT2D eigenvalue weighted by molar-refractivity contribution is 0.0692. The Labute approximate surface area is 121 Å². The van der Waals surface area contributed by atoms with E-state index < -0.39 is 15.8 Å². The predicted molar refractivity (Wildman–Crippen MR) is 77.2 cm³/mol. The smallest absolute Gasteiger partial charge is 0.337 e. The molecule has 1 unspecified atom stereocenters. The third-order valence-corrected chi connectivity index (χ3v) is 5.30. The molecule has 0 saturated carbocycles. The van der Waals surface area contributed by atoms with Gasteiger partial charge in [-0.2, -0.15) is 0 Å². The van der Waals surface area contributed by atoms with Gasteiger partial charge in [0.1, 0.15) is 0 Å². The van der Waals surface area contributed by atoms with Gasteiger partial charge in [-0.3, -0.25) is 0 Å². The molecule has 0 aliphatic carbocycles. The van der Waals surface area contributed by atoms with Crippen molar-refractivity contribution in [3.63, 3.8) is 0 Å². The van der Waals surface area contributed by atoms with Crippen LogP contribution in [0.1, 0.15) is 37.0 Å². The van der Waals surface area contributed by atoms with E-state index in [1.807, 2.05) is 13.8 Å². The highest BCUT2D eigenvalue weighted by Crippen LogP contribution is 2.24. The van der Waals surface area contributed by atoms with Gasteiger partial charge in [0.25, 0.3) is 0 Å². The van der Waals surface area contributed by atoms with E-state index in [1.54, 1.807) is 0 Å². The molecule has 4 nitrogen and oxygen atoms in total. The highest BCUT2D eigenvalue weighted by atomic mass is 79.9. The van der Waals surface area contributed by atoms with Crippen LogP contribution in [0, 0.1) is 5.92 Å². The molecule has 6 heteroatoms. The van der Waals surface area contributed by atoms with E-state index in [0.29, 0.717) is 4.47 Å². The standard InChI is InChI=1S/C13H17BrO4S/c1-3-4-9(2)8-19(17,18)12-7-10(14)5-6-11(12)13(15)16/h5-7,9H,3-4,8H2,1-2H3,(H,15,16). The topological polar surface area (TPSA) is 71.4 Å². The molecule has 0 saturated heterocycles. The SMILES string of the molecule is CCCC(C)CS(=O)(=O)c1cc(Br)ccc1C(=O)O. The summed E-state index contributed by atoms with van der Waals surface area (Å²) in [6.07, 6.45) is 1.70. The lowest BCUT2D eigenvalue weighted by Gasteiger charge is -2.13. The van der Waals surface area contributed by atoms with E-state index in [0.717, 1.165) is 12.8 Å². The minimum absolute atomic E-state index is 0.00984. The third-order valence-electron chi connectivity index (χ3n) is 2.79. The number of carbonyl (C=O) groups is 1. The largest absolute Gasteiger partial charge is 0.478 e. The second-order valence-electron chi connectivity index (χ2n) is 4.62. The number of benzene rings is 1. The summed E-state index contributed by atoms with van der Waals surface area (Å²) in [6.45, 7) is 3.85. The molecule has 1 aromatic rings. The number of rotatable bonds is 6. The number of carboxylic acids is 1. The molecular formula is C13H17BrO4S. The summed E-state index contributed by atoms with van der Waals surface area (Å²) in [5, 5.41) is 9.08. The van der Waals surface area contributed by atoms with Crippen LogP contribution in [0.3, 0.4) is 0 Å². The maximum atomic E-state index is 12.3. The molecule has 1 N–H and O–H groups in total. The van der Waals surface area contributed by atoms with Gasteiger partial charge in [-0.25, -0.2) is 13.2 Å². The first-order chi connectivity index (χ1) is 8.77. The van der Waals surface area contributed by atoms with E-state index in [9.17, 15) is 13.2 Å². The Hall–Kier alpha value is -0.880. The zero-order valence-electron chi connectivity index (χ0n) is 10.9. The van der Waals surface area contributed by atoms with Gasteiger partial charge in [-0.05, 0) is 30.5 Å². The van der Waals surface area contributed by atoms with Gasteiger partial charge in [0.05, 0.1) is 16.2 Å². The highest BCUT2D eigenvalue weighted by Gasteiger charge is 2.24. The van der Waals surface area contributed by atoms with Gasteiger partial charge in [0.2, 0.25) is 0 Å². The molecule has 0 radical (unpaired) electrons. The van der Waals surface area contributed by atoms with Crippen LogP contribution in [0.15, 0.2) is 27.6 Å². The minimum atomic E-state index is -3.59. The Morgan fingerprint density at radius 3 is 2.58 bits per heavy atom. The van der Waals surface area contributed by atoms with E-state index in [2.05, 4.69) is 15.9 Å².